The SMILES string of the molecule is CCOC(=O)C1=C(CN2CCN3C(=S)N(CC(C)(C)C(=O)O)C[C@@H]3C2)NC(c2nccs2)=C[C@H]1c1ccc(F)c(F)c1Cl. The smallest absolute Gasteiger partial charge is 0.336 e. The van der Waals surface area contributed by atoms with Gasteiger partial charge in [0.05, 0.1) is 34.4 Å². The third kappa shape index (κ3) is 6.26. The van der Waals surface area contributed by atoms with Crippen LogP contribution in [0.3, 0.4) is 0 Å². The Morgan fingerprint density at radius 1 is 1.28 bits per heavy atom. The number of carboxylic acid groups (broad SMARTS) is 1. The zero-order valence-corrected chi connectivity index (χ0v) is 26.3. The van der Waals surface area contributed by atoms with E-state index in [4.69, 9.17) is 28.6 Å². The summed E-state index contributed by atoms with van der Waals surface area (Å²) < 4.78 is 34.1. The van der Waals surface area contributed by atoms with Crippen molar-refractivity contribution in [1.29, 1.82) is 0 Å². The maximum absolute atomic E-state index is 14.7. The fourth-order valence-corrected chi connectivity index (χ4v) is 6.96. The van der Waals surface area contributed by atoms with Crippen LogP contribution in [0.4, 0.5) is 8.78 Å². The molecule has 0 aliphatic carbocycles. The van der Waals surface area contributed by atoms with E-state index in [9.17, 15) is 23.5 Å². The number of carbonyl (C=O) groups excluding carboxylic acids is 1. The molecule has 2 aromatic rings. The van der Waals surface area contributed by atoms with Crippen molar-refractivity contribution in [2.75, 3.05) is 45.9 Å². The molecule has 3 aliphatic heterocycles. The van der Waals surface area contributed by atoms with Gasteiger partial charge in [-0.15, -0.1) is 11.3 Å². The minimum atomic E-state index is -1.18. The number of dihydropyridines is 1. The molecule has 5 rings (SSSR count). The van der Waals surface area contributed by atoms with Gasteiger partial charge >= 0.3 is 11.9 Å². The third-order valence-electron chi connectivity index (χ3n) is 7.87. The molecule has 14 heteroatoms. The zero-order chi connectivity index (χ0) is 31.1. The molecule has 0 bridgehead atoms. The summed E-state index contributed by atoms with van der Waals surface area (Å²) in [6, 6.07) is 2.42. The Labute approximate surface area is 262 Å². The summed E-state index contributed by atoms with van der Waals surface area (Å²) in [5.74, 6) is -4.57. The number of thiazole rings is 1. The highest BCUT2D eigenvalue weighted by Gasteiger charge is 2.42. The first kappa shape index (κ1) is 31.3. The van der Waals surface area contributed by atoms with E-state index < -0.39 is 39.9 Å². The lowest BCUT2D eigenvalue weighted by Gasteiger charge is -2.39. The maximum Gasteiger partial charge on any atom is 0.336 e. The Bertz CT molecular complexity index is 1500. The Hall–Kier alpha value is -3.13. The van der Waals surface area contributed by atoms with Gasteiger partial charge in [0.1, 0.15) is 5.01 Å². The summed E-state index contributed by atoms with van der Waals surface area (Å²) in [5.41, 5.74) is 0.698. The van der Waals surface area contributed by atoms with E-state index in [1.165, 1.54) is 17.4 Å². The number of benzene rings is 1. The number of piperazine rings is 1. The molecule has 0 radical (unpaired) electrons. The van der Waals surface area contributed by atoms with Crippen LogP contribution in [0.15, 0.2) is 41.1 Å². The second-order valence-corrected chi connectivity index (χ2v) is 13.0. The maximum atomic E-state index is 14.7. The van der Waals surface area contributed by atoms with Crippen LogP contribution in [-0.4, -0.2) is 93.8 Å². The van der Waals surface area contributed by atoms with E-state index >= 15 is 0 Å². The van der Waals surface area contributed by atoms with Crippen LogP contribution in [0.1, 0.15) is 37.3 Å². The molecule has 9 nitrogen and oxygen atoms in total. The predicted octanol–water partition coefficient (Wildman–Crippen LogP) is 4.32. The molecule has 2 fully saturated rings. The number of nitrogens with zero attached hydrogens (tertiary/aromatic N) is 4. The van der Waals surface area contributed by atoms with Gasteiger partial charge in [-0.2, -0.15) is 0 Å². The summed E-state index contributed by atoms with van der Waals surface area (Å²) in [4.78, 5) is 35.9. The van der Waals surface area contributed by atoms with Gasteiger partial charge in [-0.1, -0.05) is 17.7 Å². The number of rotatable bonds is 9. The van der Waals surface area contributed by atoms with E-state index in [0.717, 1.165) is 6.07 Å². The number of thiocarbonyl (C=S) groups is 1. The van der Waals surface area contributed by atoms with Crippen molar-refractivity contribution >= 4 is 57.9 Å². The molecule has 1 aromatic heterocycles. The minimum absolute atomic E-state index is 0.0338. The molecule has 230 valence electrons. The molecule has 4 heterocycles. The predicted molar refractivity (Wildman–Crippen MR) is 164 cm³/mol. The first-order valence-electron chi connectivity index (χ1n) is 13.8. The fraction of sp³-hybridized carbons (Fsp3) is 0.448. The van der Waals surface area contributed by atoms with E-state index in [2.05, 4.69) is 20.1 Å². The molecule has 43 heavy (non-hydrogen) atoms. The number of allylic oxidation sites excluding steroid dienone is 1. The highest BCUT2D eigenvalue weighted by Crippen LogP contribution is 2.40. The minimum Gasteiger partial charge on any atom is -0.481 e. The van der Waals surface area contributed by atoms with Gasteiger partial charge in [0.2, 0.25) is 0 Å². The van der Waals surface area contributed by atoms with E-state index in [0.29, 0.717) is 60.8 Å². The number of hydrogen-bond donors (Lipinski definition) is 2. The fourth-order valence-electron chi connectivity index (χ4n) is 5.69. The van der Waals surface area contributed by atoms with Gasteiger partial charge in [-0.3, -0.25) is 9.69 Å². The topological polar surface area (TPSA) is 98.2 Å². The van der Waals surface area contributed by atoms with Gasteiger partial charge in [-0.25, -0.2) is 18.6 Å². The number of aliphatic carboxylic acids is 1. The Morgan fingerprint density at radius 2 is 2.05 bits per heavy atom. The lowest BCUT2D eigenvalue weighted by atomic mass is 9.86. The third-order valence-corrected chi connectivity index (χ3v) is 9.56. The number of carboxylic acids is 1. The van der Waals surface area contributed by atoms with Crippen LogP contribution in [0.2, 0.25) is 5.02 Å². The van der Waals surface area contributed by atoms with Crippen LogP contribution in [-0.2, 0) is 14.3 Å². The van der Waals surface area contributed by atoms with Gasteiger partial charge in [0, 0.05) is 62.5 Å². The Morgan fingerprint density at radius 3 is 2.72 bits per heavy atom. The second-order valence-electron chi connectivity index (χ2n) is 11.3. The zero-order valence-electron chi connectivity index (χ0n) is 23.9. The Kier molecular flexibility index (Phi) is 9.07. The summed E-state index contributed by atoms with van der Waals surface area (Å²) in [6.07, 6.45) is 3.40. The van der Waals surface area contributed by atoms with Gasteiger partial charge in [0.25, 0.3) is 0 Å². The summed E-state index contributed by atoms with van der Waals surface area (Å²) in [6.45, 7) is 8.26. The number of aromatic nitrogens is 1. The van der Waals surface area contributed by atoms with Crippen molar-refractivity contribution in [2.45, 2.75) is 32.7 Å². The Balaban J connectivity index is 1.47. The monoisotopic (exact) mass is 651 g/mol. The lowest BCUT2D eigenvalue weighted by molar-refractivity contribution is -0.147. The quantitative estimate of drug-likeness (QED) is 0.232. The number of hydrogen-bond acceptors (Lipinski definition) is 8. The molecule has 0 unspecified atom stereocenters. The van der Waals surface area contributed by atoms with E-state index in [1.807, 2.05) is 10.3 Å². The van der Waals surface area contributed by atoms with Crippen molar-refractivity contribution in [1.82, 2.24) is 25.0 Å². The molecule has 2 N–H and O–H groups in total. The number of ether oxygens (including phenoxy) is 1. The first-order chi connectivity index (χ1) is 20.4. The van der Waals surface area contributed by atoms with Gasteiger partial charge in [-0.05, 0) is 50.7 Å². The average molecular weight is 652 g/mol. The largest absolute Gasteiger partial charge is 0.481 e. The number of carbonyl (C=O) groups is 2. The molecule has 1 aromatic carbocycles. The number of halogens is 3. The van der Waals surface area contributed by atoms with E-state index in [1.54, 1.807) is 33.0 Å². The van der Waals surface area contributed by atoms with Crippen molar-refractivity contribution in [3.63, 3.8) is 0 Å². The highest BCUT2D eigenvalue weighted by molar-refractivity contribution is 7.80. The van der Waals surface area contributed by atoms with Crippen LogP contribution in [0.25, 0.3) is 5.70 Å². The highest BCUT2D eigenvalue weighted by atomic mass is 35.5. The molecule has 2 atom stereocenters. The van der Waals surface area contributed by atoms with Crippen LogP contribution >= 0.6 is 35.2 Å². The molecule has 0 spiro atoms. The second kappa shape index (κ2) is 12.5. The molecule has 0 saturated carbocycles. The van der Waals surface area contributed by atoms with Gasteiger partial charge in [0.15, 0.2) is 16.7 Å². The molecular weight excluding hydrogens is 620 g/mol. The van der Waals surface area contributed by atoms with Crippen molar-refractivity contribution in [3.8, 4) is 0 Å². The van der Waals surface area contributed by atoms with E-state index in [-0.39, 0.29) is 23.8 Å². The van der Waals surface area contributed by atoms with Crippen molar-refractivity contribution < 1.29 is 28.2 Å². The average Bonchev–Trinajstić information content (AvgIpc) is 3.60. The molecule has 3 aliphatic rings. The number of esters is 1. The molecule has 2 saturated heterocycles. The van der Waals surface area contributed by atoms with Crippen LogP contribution in [0, 0.1) is 17.0 Å². The summed E-state index contributed by atoms with van der Waals surface area (Å²) in [5, 5.41) is 15.7. The number of nitrogens with one attached hydrogen (secondary N) is 1. The number of fused-ring (bicyclic) bond motifs is 1. The van der Waals surface area contributed by atoms with Crippen LogP contribution < -0.4 is 5.32 Å². The summed E-state index contributed by atoms with van der Waals surface area (Å²) >= 11 is 13.4. The molecule has 0 amide bonds. The van der Waals surface area contributed by atoms with Gasteiger partial charge < -0.3 is 25.0 Å². The molecular formula is C29H32ClF2N5O4S2. The van der Waals surface area contributed by atoms with Crippen molar-refractivity contribution in [3.05, 3.63) is 68.3 Å². The summed E-state index contributed by atoms with van der Waals surface area (Å²) in [7, 11) is 0. The normalized spacial score (nSPS) is 21.1. The van der Waals surface area contributed by atoms with Crippen LogP contribution in [0.5, 0.6) is 0 Å². The standard InChI is InChI=1S/C29H32ClF2N5O4S2/c1-4-41-26(38)22-18(17-5-6-19(31)24(32)23(17)30)11-20(25-33-7-10-43-25)34-21(22)14-35-8-9-37-16(12-35)13-36(28(37)42)15-29(2,3)27(39)40/h5-7,10-11,16,18,34H,4,8-9,12-15H2,1-3H3,(H,39,40)/t16-,18-/m0/s1. The lowest BCUT2D eigenvalue weighted by Crippen LogP contribution is -2.53. The first-order valence-corrected chi connectivity index (χ1v) is 15.5. The van der Waals surface area contributed by atoms with Crippen molar-refractivity contribution in [2.24, 2.45) is 5.41 Å².